The summed E-state index contributed by atoms with van der Waals surface area (Å²) < 4.78 is 0.796. The fourth-order valence-electron chi connectivity index (χ4n) is 1.13. The Balaban J connectivity index is 2.72. The Kier molecular flexibility index (Phi) is 4.28. The van der Waals surface area contributed by atoms with Crippen LogP contribution < -0.4 is 10.6 Å². The van der Waals surface area contributed by atoms with Gasteiger partial charge >= 0.3 is 0 Å². The Morgan fingerprint density at radius 3 is 2.93 bits per heavy atom. The molecule has 0 aromatic carbocycles. The predicted molar refractivity (Wildman–Crippen MR) is 63.7 cm³/mol. The third kappa shape index (κ3) is 3.64. The lowest BCUT2D eigenvalue weighted by atomic mass is 10.3. The number of anilines is 2. The molecule has 1 rings (SSSR count). The first-order valence-electron chi connectivity index (χ1n) is 4.68. The number of nitrogen functional groups attached to an aromatic ring is 1. The van der Waals surface area contributed by atoms with E-state index in [0.29, 0.717) is 13.0 Å². The molecule has 1 aromatic heterocycles. The molecular formula is C9H15BrN4O. The number of aliphatic hydroxyl groups excluding tert-OH is 1. The summed E-state index contributed by atoms with van der Waals surface area (Å²) in [6.45, 7) is 2.48. The first kappa shape index (κ1) is 12.2. The van der Waals surface area contributed by atoms with Gasteiger partial charge in [0.25, 0.3) is 0 Å². The molecule has 15 heavy (non-hydrogen) atoms. The largest absolute Gasteiger partial charge is 0.393 e. The normalized spacial score (nSPS) is 12.5. The zero-order valence-electron chi connectivity index (χ0n) is 8.81. The number of aromatic nitrogens is 2. The third-order valence-electron chi connectivity index (χ3n) is 1.99. The van der Waals surface area contributed by atoms with E-state index in [1.807, 2.05) is 11.9 Å². The second kappa shape index (κ2) is 5.27. The smallest absolute Gasteiger partial charge is 0.222 e. The Hall–Kier alpha value is -0.880. The van der Waals surface area contributed by atoms with Crippen molar-refractivity contribution in [3.8, 4) is 0 Å². The molecule has 1 atom stereocenters. The zero-order valence-corrected chi connectivity index (χ0v) is 10.4. The minimum Gasteiger partial charge on any atom is -0.393 e. The molecule has 0 fully saturated rings. The predicted octanol–water partition coefficient (Wildman–Crippen LogP) is 1.03. The highest BCUT2D eigenvalue weighted by Crippen LogP contribution is 2.22. The van der Waals surface area contributed by atoms with E-state index < -0.39 is 0 Å². The number of rotatable bonds is 4. The second-order valence-corrected chi connectivity index (χ2v) is 4.31. The van der Waals surface area contributed by atoms with E-state index in [1.54, 1.807) is 13.1 Å². The van der Waals surface area contributed by atoms with Crippen molar-refractivity contribution >= 4 is 27.7 Å². The molecule has 1 unspecified atom stereocenters. The van der Waals surface area contributed by atoms with Crippen molar-refractivity contribution in [2.24, 2.45) is 0 Å². The molecule has 1 heterocycles. The number of aliphatic hydroxyl groups is 1. The molecule has 0 saturated carbocycles. The first-order chi connectivity index (χ1) is 7.00. The van der Waals surface area contributed by atoms with Crippen LogP contribution in [0.1, 0.15) is 13.3 Å². The molecule has 0 radical (unpaired) electrons. The Morgan fingerprint density at radius 2 is 2.33 bits per heavy atom. The molecule has 3 N–H and O–H groups in total. The van der Waals surface area contributed by atoms with E-state index in [1.165, 1.54) is 0 Å². The summed E-state index contributed by atoms with van der Waals surface area (Å²) in [6, 6.07) is 0. The number of nitrogens with two attached hydrogens (primary N) is 1. The van der Waals surface area contributed by atoms with Crippen LogP contribution in [-0.4, -0.2) is 34.8 Å². The molecule has 6 heteroatoms. The summed E-state index contributed by atoms with van der Waals surface area (Å²) in [5, 5.41) is 9.18. The van der Waals surface area contributed by atoms with Gasteiger partial charge in [-0.1, -0.05) is 0 Å². The van der Waals surface area contributed by atoms with E-state index in [0.717, 1.165) is 10.3 Å². The first-order valence-corrected chi connectivity index (χ1v) is 5.47. The van der Waals surface area contributed by atoms with E-state index in [9.17, 15) is 5.11 Å². The van der Waals surface area contributed by atoms with Crippen LogP contribution in [0.3, 0.4) is 0 Å². The van der Waals surface area contributed by atoms with Crippen LogP contribution in [-0.2, 0) is 0 Å². The van der Waals surface area contributed by atoms with Gasteiger partial charge < -0.3 is 15.7 Å². The van der Waals surface area contributed by atoms with Gasteiger partial charge in [-0.2, -0.15) is 4.98 Å². The lowest BCUT2D eigenvalue weighted by Gasteiger charge is -2.20. The summed E-state index contributed by atoms with van der Waals surface area (Å²) in [5.74, 6) is 0.986. The van der Waals surface area contributed by atoms with Gasteiger partial charge in [-0.25, -0.2) is 4.98 Å². The lowest BCUT2D eigenvalue weighted by Crippen LogP contribution is -2.23. The Morgan fingerprint density at radius 1 is 1.67 bits per heavy atom. The average molecular weight is 275 g/mol. The molecule has 5 nitrogen and oxygen atoms in total. The van der Waals surface area contributed by atoms with Crippen molar-refractivity contribution in [2.75, 3.05) is 24.2 Å². The van der Waals surface area contributed by atoms with Crippen LogP contribution in [0.2, 0.25) is 0 Å². The quantitative estimate of drug-likeness (QED) is 0.858. The van der Waals surface area contributed by atoms with E-state index in [2.05, 4.69) is 25.9 Å². The summed E-state index contributed by atoms with van der Waals surface area (Å²) in [4.78, 5) is 9.90. The monoisotopic (exact) mass is 274 g/mol. The molecule has 0 aliphatic heterocycles. The van der Waals surface area contributed by atoms with Crippen molar-refractivity contribution in [1.29, 1.82) is 0 Å². The van der Waals surface area contributed by atoms with E-state index >= 15 is 0 Å². The maximum atomic E-state index is 9.18. The van der Waals surface area contributed by atoms with Gasteiger partial charge in [-0.15, -0.1) is 0 Å². The number of hydrogen-bond acceptors (Lipinski definition) is 5. The van der Waals surface area contributed by atoms with Crippen LogP contribution in [0.15, 0.2) is 10.7 Å². The molecule has 84 valence electrons. The lowest BCUT2D eigenvalue weighted by molar-refractivity contribution is 0.187. The van der Waals surface area contributed by atoms with Gasteiger partial charge in [0.2, 0.25) is 5.95 Å². The third-order valence-corrected chi connectivity index (χ3v) is 2.55. The summed E-state index contributed by atoms with van der Waals surface area (Å²) in [6.07, 6.45) is 1.99. The van der Waals surface area contributed by atoms with Crippen LogP contribution in [0.25, 0.3) is 0 Å². The van der Waals surface area contributed by atoms with Crippen molar-refractivity contribution in [3.63, 3.8) is 0 Å². The molecular weight excluding hydrogens is 260 g/mol. The molecule has 0 spiro atoms. The summed E-state index contributed by atoms with van der Waals surface area (Å²) >= 11 is 3.35. The van der Waals surface area contributed by atoms with Crippen LogP contribution in [0.4, 0.5) is 11.8 Å². The van der Waals surface area contributed by atoms with Crippen LogP contribution in [0, 0.1) is 0 Å². The van der Waals surface area contributed by atoms with Crippen LogP contribution >= 0.6 is 15.9 Å². The SMILES string of the molecule is CC(O)CCN(C)c1nc(N)ncc1Br. The molecule has 0 aliphatic carbocycles. The summed E-state index contributed by atoms with van der Waals surface area (Å²) in [7, 11) is 1.90. The fraction of sp³-hybridized carbons (Fsp3) is 0.556. The number of halogens is 1. The summed E-state index contributed by atoms with van der Waals surface area (Å²) in [5.41, 5.74) is 5.50. The standard InChI is InChI=1S/C9H15BrN4O/c1-6(15)3-4-14(2)8-7(10)5-12-9(11)13-8/h5-6,15H,3-4H2,1-2H3,(H2,11,12,13). The van der Waals surface area contributed by atoms with Gasteiger partial charge in [0.05, 0.1) is 10.6 Å². The zero-order chi connectivity index (χ0) is 11.4. The molecule has 0 bridgehead atoms. The molecule has 0 saturated heterocycles. The minimum absolute atomic E-state index is 0.247. The van der Waals surface area contributed by atoms with Gasteiger partial charge in [-0.05, 0) is 29.3 Å². The van der Waals surface area contributed by atoms with Gasteiger partial charge in [0, 0.05) is 19.8 Å². The maximum absolute atomic E-state index is 9.18. The average Bonchev–Trinajstić information content (AvgIpc) is 2.18. The topological polar surface area (TPSA) is 75.3 Å². The number of nitrogens with zero attached hydrogens (tertiary/aromatic N) is 3. The second-order valence-electron chi connectivity index (χ2n) is 3.46. The molecule has 0 aliphatic rings. The molecule has 0 amide bonds. The van der Waals surface area contributed by atoms with E-state index in [-0.39, 0.29) is 12.1 Å². The highest BCUT2D eigenvalue weighted by atomic mass is 79.9. The van der Waals surface area contributed by atoms with Crippen molar-refractivity contribution in [2.45, 2.75) is 19.4 Å². The van der Waals surface area contributed by atoms with Gasteiger partial charge in [-0.3, -0.25) is 0 Å². The Labute approximate surface area is 97.5 Å². The maximum Gasteiger partial charge on any atom is 0.222 e. The van der Waals surface area contributed by atoms with Crippen molar-refractivity contribution < 1.29 is 5.11 Å². The van der Waals surface area contributed by atoms with Crippen molar-refractivity contribution in [1.82, 2.24) is 9.97 Å². The van der Waals surface area contributed by atoms with E-state index in [4.69, 9.17) is 5.73 Å². The Bertz CT molecular complexity index is 332. The van der Waals surface area contributed by atoms with Gasteiger partial charge in [0.15, 0.2) is 0 Å². The molecule has 1 aromatic rings. The highest BCUT2D eigenvalue weighted by Gasteiger charge is 2.09. The fourth-order valence-corrected chi connectivity index (χ4v) is 1.62. The number of hydrogen-bond donors (Lipinski definition) is 2. The van der Waals surface area contributed by atoms with Crippen molar-refractivity contribution in [3.05, 3.63) is 10.7 Å². The minimum atomic E-state index is -0.314. The van der Waals surface area contributed by atoms with Crippen LogP contribution in [0.5, 0.6) is 0 Å². The highest BCUT2D eigenvalue weighted by molar-refractivity contribution is 9.10. The van der Waals surface area contributed by atoms with Gasteiger partial charge in [0.1, 0.15) is 5.82 Å².